The van der Waals surface area contributed by atoms with Crippen LogP contribution in [0, 0.1) is 0 Å². The van der Waals surface area contributed by atoms with Gasteiger partial charge in [-0.05, 0) is 19.3 Å². The molecule has 1 aliphatic heterocycles. The number of amides is 1. The molecule has 5 heteroatoms. The minimum Gasteiger partial charge on any atom is -0.395 e. The Balaban J connectivity index is 2.34. The minimum atomic E-state index is -0.0722. The lowest BCUT2D eigenvalue weighted by atomic mass is 10.1. The van der Waals surface area contributed by atoms with Crippen molar-refractivity contribution in [1.29, 1.82) is 0 Å². The normalized spacial score (nSPS) is 20.8. The fourth-order valence-electron chi connectivity index (χ4n) is 1.89. The molecule has 1 unspecified atom stereocenters. The Morgan fingerprint density at radius 3 is 2.44 bits per heavy atom. The summed E-state index contributed by atoms with van der Waals surface area (Å²) in [6.45, 7) is 1.16. The number of aliphatic hydroxyl groups is 2. The van der Waals surface area contributed by atoms with Crippen LogP contribution in [0.2, 0.25) is 0 Å². The summed E-state index contributed by atoms with van der Waals surface area (Å²) in [5, 5.41) is 17.6. The van der Waals surface area contributed by atoms with Crippen LogP contribution in [0.3, 0.4) is 0 Å². The molecule has 0 saturated carbocycles. The largest absolute Gasteiger partial charge is 0.395 e. The van der Waals surface area contributed by atoms with Gasteiger partial charge in [-0.1, -0.05) is 0 Å². The smallest absolute Gasteiger partial charge is 0.225 e. The molecule has 0 bridgehead atoms. The van der Waals surface area contributed by atoms with Gasteiger partial charge in [0.15, 0.2) is 0 Å². The fraction of sp³-hybridized carbons (Fsp3) is 0.909. The van der Waals surface area contributed by atoms with Crippen LogP contribution in [0.5, 0.6) is 0 Å². The highest BCUT2D eigenvalue weighted by Crippen LogP contribution is 2.16. The lowest BCUT2D eigenvalue weighted by Gasteiger charge is -2.26. The highest BCUT2D eigenvalue weighted by atomic mass is 16.5. The summed E-state index contributed by atoms with van der Waals surface area (Å²) in [6.07, 6.45) is 3.48. The Hall–Kier alpha value is -0.650. The first-order valence-electron chi connectivity index (χ1n) is 5.89. The van der Waals surface area contributed by atoms with E-state index in [1.165, 1.54) is 4.90 Å². The maximum Gasteiger partial charge on any atom is 0.225 e. The van der Waals surface area contributed by atoms with Crippen molar-refractivity contribution >= 4 is 5.91 Å². The summed E-state index contributed by atoms with van der Waals surface area (Å²) >= 11 is 0. The van der Waals surface area contributed by atoms with E-state index in [0.717, 1.165) is 25.9 Å². The minimum absolute atomic E-state index is 0.0149. The first-order chi connectivity index (χ1) is 7.77. The molecule has 2 N–H and O–H groups in total. The number of carbonyl (C=O) groups excluding carboxylic acids is 1. The van der Waals surface area contributed by atoms with E-state index in [1.54, 1.807) is 0 Å². The third-order valence-electron chi connectivity index (χ3n) is 2.77. The van der Waals surface area contributed by atoms with Gasteiger partial charge in [0.1, 0.15) is 0 Å². The van der Waals surface area contributed by atoms with E-state index in [4.69, 9.17) is 14.9 Å². The molecule has 1 heterocycles. The molecule has 1 aliphatic rings. The molecule has 0 spiro atoms. The Morgan fingerprint density at radius 2 is 1.94 bits per heavy atom. The van der Waals surface area contributed by atoms with Crippen molar-refractivity contribution < 1.29 is 19.7 Å². The van der Waals surface area contributed by atoms with Crippen LogP contribution in [-0.4, -0.2) is 60.0 Å². The van der Waals surface area contributed by atoms with Crippen molar-refractivity contribution in [3.8, 4) is 0 Å². The second kappa shape index (κ2) is 7.60. The first-order valence-corrected chi connectivity index (χ1v) is 5.89. The van der Waals surface area contributed by atoms with Crippen LogP contribution in [0.4, 0.5) is 0 Å². The molecule has 1 rings (SSSR count). The van der Waals surface area contributed by atoms with E-state index in [-0.39, 0.29) is 38.3 Å². The molecular formula is C11H21NO4. The topological polar surface area (TPSA) is 70.0 Å². The van der Waals surface area contributed by atoms with Gasteiger partial charge in [0.25, 0.3) is 0 Å². The predicted octanol–water partition coefficient (Wildman–Crippen LogP) is -0.241. The highest BCUT2D eigenvalue weighted by Gasteiger charge is 2.21. The molecular weight excluding hydrogens is 210 g/mol. The zero-order valence-corrected chi connectivity index (χ0v) is 9.60. The molecule has 1 amide bonds. The average Bonchev–Trinajstić information content (AvgIpc) is 2.30. The van der Waals surface area contributed by atoms with E-state index >= 15 is 0 Å². The van der Waals surface area contributed by atoms with E-state index in [9.17, 15) is 4.79 Å². The Kier molecular flexibility index (Phi) is 6.37. The Morgan fingerprint density at radius 1 is 1.25 bits per heavy atom. The molecule has 16 heavy (non-hydrogen) atoms. The molecule has 1 fully saturated rings. The summed E-state index contributed by atoms with van der Waals surface area (Å²) < 4.78 is 5.48. The number of carbonyl (C=O) groups is 1. The van der Waals surface area contributed by atoms with Gasteiger partial charge >= 0.3 is 0 Å². The van der Waals surface area contributed by atoms with E-state index in [1.807, 2.05) is 0 Å². The summed E-state index contributed by atoms with van der Waals surface area (Å²) in [6, 6.07) is 0. The number of nitrogens with zero attached hydrogens (tertiary/aromatic N) is 1. The second-order valence-electron chi connectivity index (χ2n) is 4.02. The number of ether oxygens (including phenoxy) is 1. The van der Waals surface area contributed by atoms with Crippen LogP contribution < -0.4 is 0 Å². The summed E-state index contributed by atoms with van der Waals surface area (Å²) in [5.41, 5.74) is 0. The van der Waals surface area contributed by atoms with Crippen molar-refractivity contribution in [2.45, 2.75) is 31.8 Å². The van der Waals surface area contributed by atoms with Crippen LogP contribution in [0.25, 0.3) is 0 Å². The van der Waals surface area contributed by atoms with Crippen LogP contribution in [-0.2, 0) is 9.53 Å². The van der Waals surface area contributed by atoms with E-state index in [2.05, 4.69) is 0 Å². The predicted molar refractivity (Wildman–Crippen MR) is 59.0 cm³/mol. The third-order valence-corrected chi connectivity index (χ3v) is 2.77. The van der Waals surface area contributed by atoms with Crippen LogP contribution in [0.1, 0.15) is 25.7 Å². The summed E-state index contributed by atoms with van der Waals surface area (Å²) in [7, 11) is 0. The van der Waals surface area contributed by atoms with Crippen molar-refractivity contribution in [1.82, 2.24) is 4.90 Å². The molecule has 0 radical (unpaired) electrons. The van der Waals surface area contributed by atoms with Gasteiger partial charge in [-0.25, -0.2) is 0 Å². The van der Waals surface area contributed by atoms with Gasteiger partial charge in [-0.2, -0.15) is 0 Å². The second-order valence-corrected chi connectivity index (χ2v) is 4.02. The first kappa shape index (κ1) is 13.4. The Labute approximate surface area is 96.0 Å². The van der Waals surface area contributed by atoms with Crippen molar-refractivity contribution in [2.75, 3.05) is 32.9 Å². The van der Waals surface area contributed by atoms with Crippen molar-refractivity contribution in [3.63, 3.8) is 0 Å². The van der Waals surface area contributed by atoms with Gasteiger partial charge in [0.2, 0.25) is 5.91 Å². The lowest BCUT2D eigenvalue weighted by molar-refractivity contribution is -0.136. The standard InChI is InChI=1S/C11H21NO4/c13-6-4-12(5-7-14)11(15)9-10-3-1-2-8-16-10/h10,13-14H,1-9H2. The summed E-state index contributed by atoms with van der Waals surface area (Å²) in [4.78, 5) is 13.3. The average molecular weight is 231 g/mol. The van der Waals surface area contributed by atoms with Gasteiger partial charge in [-0.3, -0.25) is 4.79 Å². The number of rotatable bonds is 6. The maximum absolute atomic E-state index is 11.8. The molecule has 0 aromatic heterocycles. The SMILES string of the molecule is O=C(CC1CCCCO1)N(CCO)CCO. The third kappa shape index (κ3) is 4.47. The molecule has 94 valence electrons. The number of aliphatic hydroxyl groups excluding tert-OH is 2. The molecule has 0 aromatic carbocycles. The lowest BCUT2D eigenvalue weighted by Crippen LogP contribution is -2.38. The van der Waals surface area contributed by atoms with Gasteiger partial charge in [0, 0.05) is 19.7 Å². The van der Waals surface area contributed by atoms with Crippen LogP contribution >= 0.6 is 0 Å². The highest BCUT2D eigenvalue weighted by molar-refractivity contribution is 5.76. The number of hydrogen-bond donors (Lipinski definition) is 2. The monoisotopic (exact) mass is 231 g/mol. The van der Waals surface area contributed by atoms with Crippen LogP contribution in [0.15, 0.2) is 0 Å². The molecule has 0 aromatic rings. The zero-order valence-electron chi connectivity index (χ0n) is 9.60. The quantitative estimate of drug-likeness (QED) is 0.662. The Bertz CT molecular complexity index is 198. The number of hydrogen-bond acceptors (Lipinski definition) is 4. The van der Waals surface area contributed by atoms with Crippen molar-refractivity contribution in [3.05, 3.63) is 0 Å². The van der Waals surface area contributed by atoms with Gasteiger partial charge in [-0.15, -0.1) is 0 Å². The maximum atomic E-state index is 11.8. The molecule has 1 saturated heterocycles. The molecule has 0 aliphatic carbocycles. The zero-order chi connectivity index (χ0) is 11.8. The molecule has 1 atom stereocenters. The van der Waals surface area contributed by atoms with E-state index in [0.29, 0.717) is 6.42 Å². The fourth-order valence-corrected chi connectivity index (χ4v) is 1.89. The van der Waals surface area contributed by atoms with E-state index < -0.39 is 0 Å². The molecule has 5 nitrogen and oxygen atoms in total. The van der Waals surface area contributed by atoms with Crippen molar-refractivity contribution in [2.24, 2.45) is 0 Å². The summed E-state index contributed by atoms with van der Waals surface area (Å²) in [5.74, 6) is -0.0463. The van der Waals surface area contributed by atoms with Gasteiger partial charge in [0.05, 0.1) is 25.7 Å². The van der Waals surface area contributed by atoms with Gasteiger partial charge < -0.3 is 19.8 Å².